The lowest BCUT2D eigenvalue weighted by Gasteiger charge is -2.23. The van der Waals surface area contributed by atoms with Crippen LogP contribution in [0.15, 0.2) is 12.1 Å². The van der Waals surface area contributed by atoms with Gasteiger partial charge in [0.1, 0.15) is 5.75 Å². The first-order valence-corrected chi connectivity index (χ1v) is 6.64. The molecule has 0 aromatic heterocycles. The number of rotatable bonds is 5. The number of ether oxygens (including phenoxy) is 1. The zero-order valence-corrected chi connectivity index (χ0v) is 12.8. The highest BCUT2D eigenvalue weighted by Gasteiger charge is 2.16. The largest absolute Gasteiger partial charge is 0.482 e. The average molecular weight is 327 g/mol. The van der Waals surface area contributed by atoms with E-state index in [2.05, 4.69) is 0 Å². The Morgan fingerprint density at radius 3 is 2.47 bits per heavy atom. The van der Waals surface area contributed by atoms with Crippen molar-refractivity contribution in [3.63, 3.8) is 0 Å². The van der Waals surface area contributed by atoms with Gasteiger partial charge in [-0.2, -0.15) is 0 Å². The molecule has 0 saturated heterocycles. The predicted molar refractivity (Wildman–Crippen MR) is 76.3 cm³/mol. The van der Waals surface area contributed by atoms with Crippen molar-refractivity contribution < 1.29 is 14.6 Å². The summed E-state index contributed by atoms with van der Waals surface area (Å²) in [7, 11) is 1.59. The second-order valence-electron chi connectivity index (χ2n) is 4.02. The van der Waals surface area contributed by atoms with Gasteiger partial charge < -0.3 is 14.7 Å². The van der Waals surface area contributed by atoms with E-state index in [4.69, 9.17) is 44.6 Å². The molecule has 1 N–H and O–H groups in total. The van der Waals surface area contributed by atoms with Crippen LogP contribution in [-0.2, 0) is 4.79 Å². The summed E-state index contributed by atoms with van der Waals surface area (Å²) in [6.45, 7) is 1.42. The second kappa shape index (κ2) is 7.20. The van der Waals surface area contributed by atoms with Crippen molar-refractivity contribution in [3.05, 3.63) is 27.2 Å². The molecule has 0 aliphatic carbocycles. The summed E-state index contributed by atoms with van der Waals surface area (Å²) in [6.07, 6.45) is 0. The minimum atomic E-state index is -0.277. The van der Waals surface area contributed by atoms with E-state index in [1.54, 1.807) is 14.0 Å². The number of hydrogen-bond donors (Lipinski definition) is 1. The minimum Gasteiger partial charge on any atom is -0.482 e. The molecule has 0 spiro atoms. The Balaban J connectivity index is 2.67. The highest BCUT2D eigenvalue weighted by molar-refractivity contribution is 6.43. The van der Waals surface area contributed by atoms with Gasteiger partial charge in [-0.15, -0.1) is 0 Å². The molecule has 7 heteroatoms. The van der Waals surface area contributed by atoms with Crippen molar-refractivity contribution in [1.82, 2.24) is 4.90 Å². The first-order chi connectivity index (χ1) is 8.86. The van der Waals surface area contributed by atoms with Gasteiger partial charge in [-0.05, 0) is 13.0 Å². The normalized spacial score (nSPS) is 12.1. The fraction of sp³-hybridized carbons (Fsp3) is 0.417. The molecule has 1 atom stereocenters. The minimum absolute atomic E-state index is 0.115. The van der Waals surface area contributed by atoms with Gasteiger partial charge in [0, 0.05) is 13.1 Å². The highest BCUT2D eigenvalue weighted by atomic mass is 35.5. The molecule has 0 radical (unpaired) electrons. The summed E-state index contributed by atoms with van der Waals surface area (Å²) in [4.78, 5) is 13.2. The topological polar surface area (TPSA) is 49.8 Å². The molecule has 1 amide bonds. The van der Waals surface area contributed by atoms with Crippen LogP contribution in [0.25, 0.3) is 0 Å². The first kappa shape index (κ1) is 16.4. The van der Waals surface area contributed by atoms with Gasteiger partial charge in [-0.3, -0.25) is 4.79 Å². The molecule has 0 bridgehead atoms. The van der Waals surface area contributed by atoms with Crippen LogP contribution in [0.2, 0.25) is 15.1 Å². The average Bonchev–Trinajstić information content (AvgIpc) is 2.39. The summed E-state index contributed by atoms with van der Waals surface area (Å²) in [6, 6.07) is 2.63. The molecular formula is C12H14Cl3NO3. The fourth-order valence-electron chi connectivity index (χ4n) is 1.22. The zero-order valence-electron chi connectivity index (χ0n) is 10.5. The molecule has 1 aromatic carbocycles. The molecule has 0 heterocycles. The van der Waals surface area contributed by atoms with Crippen LogP contribution in [0, 0.1) is 0 Å². The molecule has 0 aliphatic rings. The summed E-state index contributed by atoms with van der Waals surface area (Å²) in [5, 5.41) is 9.85. The van der Waals surface area contributed by atoms with Gasteiger partial charge in [0.2, 0.25) is 0 Å². The third kappa shape index (κ3) is 4.42. The Labute approximate surface area is 126 Å². The van der Waals surface area contributed by atoms with Crippen molar-refractivity contribution in [1.29, 1.82) is 0 Å². The third-order valence-corrected chi connectivity index (χ3v) is 3.66. The van der Waals surface area contributed by atoms with E-state index < -0.39 is 0 Å². The van der Waals surface area contributed by atoms with Gasteiger partial charge in [-0.25, -0.2) is 0 Å². The monoisotopic (exact) mass is 325 g/mol. The molecule has 1 rings (SSSR count). The lowest BCUT2D eigenvalue weighted by atomic mass is 10.3. The number of likely N-dealkylation sites (N-methyl/N-ethyl adjacent to an activating group) is 1. The Bertz CT molecular complexity index is 468. The summed E-state index contributed by atoms with van der Waals surface area (Å²) in [5.41, 5.74) is 0. The maximum Gasteiger partial charge on any atom is 0.260 e. The van der Waals surface area contributed by atoms with E-state index >= 15 is 0 Å². The van der Waals surface area contributed by atoms with Gasteiger partial charge >= 0.3 is 0 Å². The molecule has 0 aliphatic heterocycles. The quantitative estimate of drug-likeness (QED) is 0.847. The highest BCUT2D eigenvalue weighted by Crippen LogP contribution is 2.33. The lowest BCUT2D eigenvalue weighted by Crippen LogP contribution is -2.40. The number of amides is 1. The number of aliphatic hydroxyl groups is 1. The third-order valence-electron chi connectivity index (χ3n) is 2.64. The summed E-state index contributed by atoms with van der Waals surface area (Å²) in [5.74, 6) is 0.0122. The smallest absolute Gasteiger partial charge is 0.260 e. The van der Waals surface area contributed by atoms with Crippen molar-refractivity contribution >= 4 is 40.7 Å². The SMILES string of the molecule is CC(CO)N(C)C(=O)COc1cc(Cl)c(Cl)cc1Cl. The van der Waals surface area contributed by atoms with E-state index in [1.165, 1.54) is 17.0 Å². The fourth-order valence-corrected chi connectivity index (χ4v) is 1.82. The van der Waals surface area contributed by atoms with E-state index in [0.717, 1.165) is 0 Å². The molecule has 0 saturated carbocycles. The standard InChI is InChI=1S/C12H14Cl3NO3/c1-7(5-17)16(2)12(18)6-19-11-4-9(14)8(13)3-10(11)15/h3-4,7,17H,5-6H2,1-2H3. The Hall–Kier alpha value is -0.680. The second-order valence-corrected chi connectivity index (χ2v) is 5.24. The molecule has 1 unspecified atom stereocenters. The van der Waals surface area contributed by atoms with Crippen molar-refractivity contribution in [2.75, 3.05) is 20.3 Å². The number of benzene rings is 1. The predicted octanol–water partition coefficient (Wildman–Crippen LogP) is 2.86. The zero-order chi connectivity index (χ0) is 14.6. The van der Waals surface area contributed by atoms with Crippen LogP contribution in [0.5, 0.6) is 5.75 Å². The lowest BCUT2D eigenvalue weighted by molar-refractivity contribution is -0.134. The van der Waals surface area contributed by atoms with Crippen LogP contribution in [0.3, 0.4) is 0 Å². The van der Waals surface area contributed by atoms with E-state index in [0.29, 0.717) is 10.0 Å². The molecular weight excluding hydrogens is 312 g/mol. The van der Waals surface area contributed by atoms with Gasteiger partial charge in [0.25, 0.3) is 5.91 Å². The molecule has 4 nitrogen and oxygen atoms in total. The van der Waals surface area contributed by atoms with Crippen LogP contribution in [0.4, 0.5) is 0 Å². The van der Waals surface area contributed by atoms with E-state index in [1.807, 2.05) is 0 Å². The van der Waals surface area contributed by atoms with Gasteiger partial charge in [0.05, 0.1) is 27.7 Å². The summed E-state index contributed by atoms with van der Waals surface area (Å²) < 4.78 is 5.30. The van der Waals surface area contributed by atoms with Crippen molar-refractivity contribution in [2.24, 2.45) is 0 Å². The maximum absolute atomic E-state index is 11.8. The van der Waals surface area contributed by atoms with Gasteiger partial charge in [-0.1, -0.05) is 34.8 Å². The first-order valence-electron chi connectivity index (χ1n) is 5.50. The molecule has 19 heavy (non-hydrogen) atoms. The van der Waals surface area contributed by atoms with Crippen LogP contribution in [0.1, 0.15) is 6.92 Å². The van der Waals surface area contributed by atoms with Crippen LogP contribution >= 0.6 is 34.8 Å². The Morgan fingerprint density at radius 1 is 1.32 bits per heavy atom. The molecule has 1 aromatic rings. The number of carbonyl (C=O) groups is 1. The number of aliphatic hydroxyl groups excluding tert-OH is 1. The summed E-state index contributed by atoms with van der Waals surface area (Å²) >= 11 is 17.5. The number of hydrogen-bond acceptors (Lipinski definition) is 3. The number of nitrogens with zero attached hydrogens (tertiary/aromatic N) is 1. The number of halogens is 3. The van der Waals surface area contributed by atoms with Crippen molar-refractivity contribution in [3.8, 4) is 5.75 Å². The van der Waals surface area contributed by atoms with E-state index in [9.17, 15) is 4.79 Å². The number of carbonyl (C=O) groups excluding carboxylic acids is 1. The van der Waals surface area contributed by atoms with Gasteiger partial charge in [0.15, 0.2) is 6.61 Å². The Morgan fingerprint density at radius 2 is 1.89 bits per heavy atom. The maximum atomic E-state index is 11.8. The van der Waals surface area contributed by atoms with Crippen LogP contribution in [-0.4, -0.2) is 42.2 Å². The molecule has 106 valence electrons. The van der Waals surface area contributed by atoms with Crippen LogP contribution < -0.4 is 4.74 Å². The Kier molecular flexibility index (Phi) is 6.20. The molecule has 0 fully saturated rings. The van der Waals surface area contributed by atoms with E-state index in [-0.39, 0.29) is 35.9 Å². The van der Waals surface area contributed by atoms with Crippen molar-refractivity contribution in [2.45, 2.75) is 13.0 Å².